The predicted octanol–water partition coefficient (Wildman–Crippen LogP) is 0.566. The van der Waals surface area contributed by atoms with Crippen LogP contribution in [0.15, 0.2) is 0 Å². The maximum absolute atomic E-state index is 12.3. The van der Waals surface area contributed by atoms with Crippen LogP contribution in [-0.4, -0.2) is 62.9 Å². The van der Waals surface area contributed by atoms with E-state index in [4.69, 9.17) is 4.84 Å². The number of rotatable bonds is 3. The molecule has 2 unspecified atom stereocenters. The lowest BCUT2D eigenvalue weighted by Crippen LogP contribution is -2.47. The molecular formula is C15H23N5O2. The van der Waals surface area contributed by atoms with Crippen molar-refractivity contribution >= 4 is 5.91 Å². The monoisotopic (exact) mass is 305 g/mol. The highest BCUT2D eigenvalue weighted by Crippen LogP contribution is 2.30. The topological polar surface area (TPSA) is 63.5 Å². The van der Waals surface area contributed by atoms with Crippen LogP contribution in [0.1, 0.15) is 43.8 Å². The van der Waals surface area contributed by atoms with Gasteiger partial charge in [-0.3, -0.25) is 14.5 Å². The molecule has 0 saturated carbocycles. The van der Waals surface area contributed by atoms with Crippen molar-refractivity contribution in [3.8, 4) is 0 Å². The lowest BCUT2D eigenvalue weighted by molar-refractivity contribution is -0.160. The third-order valence-corrected chi connectivity index (χ3v) is 5.10. The molecule has 1 amide bonds. The van der Waals surface area contributed by atoms with E-state index < -0.39 is 0 Å². The van der Waals surface area contributed by atoms with Crippen LogP contribution >= 0.6 is 0 Å². The third kappa shape index (κ3) is 2.23. The van der Waals surface area contributed by atoms with E-state index in [0.29, 0.717) is 19.1 Å². The molecule has 4 heterocycles. The first-order chi connectivity index (χ1) is 10.8. The Bertz CT molecular complexity index is 572. The van der Waals surface area contributed by atoms with Gasteiger partial charge in [-0.15, -0.1) is 10.2 Å². The van der Waals surface area contributed by atoms with E-state index in [2.05, 4.69) is 19.7 Å². The number of carbonyl (C=O) groups excluding carboxylic acids is 1. The van der Waals surface area contributed by atoms with Gasteiger partial charge in [0.25, 0.3) is 5.91 Å². The molecule has 3 aliphatic heterocycles. The third-order valence-electron chi connectivity index (χ3n) is 5.10. The number of piperidine rings is 1. The van der Waals surface area contributed by atoms with E-state index in [9.17, 15) is 4.79 Å². The number of likely N-dealkylation sites (N-methyl/N-ethyl adjacent to an activating group) is 1. The van der Waals surface area contributed by atoms with Gasteiger partial charge in [0, 0.05) is 32.0 Å². The van der Waals surface area contributed by atoms with Gasteiger partial charge in [-0.25, -0.2) is 5.06 Å². The highest BCUT2D eigenvalue weighted by Gasteiger charge is 2.39. The zero-order chi connectivity index (χ0) is 15.1. The van der Waals surface area contributed by atoms with Gasteiger partial charge in [0.1, 0.15) is 17.7 Å². The van der Waals surface area contributed by atoms with E-state index in [-0.39, 0.29) is 11.9 Å². The SMILES string of the molecule is CCN1OCC(N2CCCC(c3nnc4n3CCC4)C2)C1=O. The first kappa shape index (κ1) is 14.1. The maximum atomic E-state index is 12.3. The van der Waals surface area contributed by atoms with Gasteiger partial charge >= 0.3 is 0 Å². The van der Waals surface area contributed by atoms with Crippen LogP contribution < -0.4 is 0 Å². The zero-order valence-electron chi connectivity index (χ0n) is 13.1. The molecule has 2 fully saturated rings. The zero-order valence-corrected chi connectivity index (χ0v) is 13.1. The number of aryl methyl sites for hydroxylation is 1. The molecule has 1 aromatic heterocycles. The maximum Gasteiger partial charge on any atom is 0.265 e. The van der Waals surface area contributed by atoms with Crippen molar-refractivity contribution in [3.05, 3.63) is 11.6 Å². The summed E-state index contributed by atoms with van der Waals surface area (Å²) in [5.74, 6) is 2.74. The van der Waals surface area contributed by atoms with Gasteiger partial charge in [-0.05, 0) is 32.7 Å². The van der Waals surface area contributed by atoms with Gasteiger partial charge in [-0.2, -0.15) is 0 Å². The van der Waals surface area contributed by atoms with Crippen LogP contribution in [0, 0.1) is 0 Å². The van der Waals surface area contributed by atoms with E-state index in [1.807, 2.05) is 6.92 Å². The van der Waals surface area contributed by atoms with Crippen LogP contribution in [0.5, 0.6) is 0 Å². The normalized spacial score (nSPS) is 29.3. The second kappa shape index (κ2) is 5.62. The summed E-state index contributed by atoms with van der Waals surface area (Å²) < 4.78 is 2.29. The average Bonchev–Trinajstić information content (AvgIpc) is 3.22. The van der Waals surface area contributed by atoms with Crippen molar-refractivity contribution in [2.24, 2.45) is 0 Å². The average molecular weight is 305 g/mol. The summed E-state index contributed by atoms with van der Waals surface area (Å²) in [6.45, 7) is 5.94. The van der Waals surface area contributed by atoms with Crippen molar-refractivity contribution in [2.45, 2.75) is 51.1 Å². The van der Waals surface area contributed by atoms with Crippen molar-refractivity contribution in [3.63, 3.8) is 0 Å². The van der Waals surface area contributed by atoms with E-state index >= 15 is 0 Å². The van der Waals surface area contributed by atoms with Crippen molar-refractivity contribution in [1.82, 2.24) is 24.7 Å². The number of hydroxylamine groups is 2. The van der Waals surface area contributed by atoms with Crippen molar-refractivity contribution in [1.29, 1.82) is 0 Å². The van der Waals surface area contributed by atoms with Crippen LogP contribution in [0.25, 0.3) is 0 Å². The number of amides is 1. The number of nitrogens with zero attached hydrogens (tertiary/aromatic N) is 5. The van der Waals surface area contributed by atoms with Crippen LogP contribution in [0.3, 0.4) is 0 Å². The van der Waals surface area contributed by atoms with Gasteiger partial charge < -0.3 is 4.57 Å². The van der Waals surface area contributed by atoms with Gasteiger partial charge in [0.05, 0.1) is 6.61 Å². The minimum Gasteiger partial charge on any atom is -0.315 e. The molecule has 120 valence electrons. The summed E-state index contributed by atoms with van der Waals surface area (Å²) in [6.07, 6.45) is 4.45. The Morgan fingerprint density at radius 2 is 2.18 bits per heavy atom. The number of aromatic nitrogens is 3. The lowest BCUT2D eigenvalue weighted by Gasteiger charge is -2.34. The quantitative estimate of drug-likeness (QED) is 0.817. The number of hydrogen-bond donors (Lipinski definition) is 0. The molecule has 22 heavy (non-hydrogen) atoms. The fraction of sp³-hybridized carbons (Fsp3) is 0.800. The predicted molar refractivity (Wildman–Crippen MR) is 79.0 cm³/mol. The van der Waals surface area contributed by atoms with E-state index in [1.165, 1.54) is 11.5 Å². The first-order valence-electron chi connectivity index (χ1n) is 8.38. The molecule has 0 radical (unpaired) electrons. The number of likely N-dealkylation sites (tertiary alicyclic amines) is 1. The Labute approximate surface area is 130 Å². The fourth-order valence-electron chi connectivity index (χ4n) is 3.95. The Morgan fingerprint density at radius 1 is 1.27 bits per heavy atom. The molecule has 0 bridgehead atoms. The minimum absolute atomic E-state index is 0.106. The molecular weight excluding hydrogens is 282 g/mol. The molecule has 7 heteroatoms. The van der Waals surface area contributed by atoms with Crippen molar-refractivity contribution < 1.29 is 9.63 Å². The van der Waals surface area contributed by atoms with E-state index in [1.54, 1.807) is 0 Å². The molecule has 4 rings (SSSR count). The summed E-state index contributed by atoms with van der Waals surface area (Å²) in [5, 5.41) is 10.3. The Balaban J connectivity index is 1.49. The van der Waals surface area contributed by atoms with Gasteiger partial charge in [0.2, 0.25) is 0 Å². The molecule has 2 atom stereocenters. The number of carbonyl (C=O) groups is 1. The molecule has 7 nitrogen and oxygen atoms in total. The minimum atomic E-state index is -0.122. The van der Waals surface area contributed by atoms with Gasteiger partial charge in [-0.1, -0.05) is 0 Å². The standard InChI is InChI=1S/C15H23N5O2/c1-2-20-15(21)12(10-22-20)18-7-3-5-11(9-18)14-17-16-13-6-4-8-19(13)14/h11-12H,2-10H2,1H3. The van der Waals surface area contributed by atoms with E-state index in [0.717, 1.165) is 50.5 Å². The summed E-state index contributed by atoms with van der Waals surface area (Å²) in [6, 6.07) is -0.122. The molecule has 0 N–H and O–H groups in total. The molecule has 3 aliphatic rings. The lowest BCUT2D eigenvalue weighted by atomic mass is 9.95. The molecule has 0 spiro atoms. The highest BCUT2D eigenvalue weighted by molar-refractivity contribution is 5.82. The highest BCUT2D eigenvalue weighted by atomic mass is 16.7. The Hall–Kier alpha value is -1.47. The number of hydrogen-bond acceptors (Lipinski definition) is 5. The second-order valence-electron chi connectivity index (χ2n) is 6.41. The fourth-order valence-corrected chi connectivity index (χ4v) is 3.95. The van der Waals surface area contributed by atoms with Gasteiger partial charge in [0.15, 0.2) is 0 Å². The summed E-state index contributed by atoms with van der Waals surface area (Å²) in [4.78, 5) is 20.1. The molecule has 0 aliphatic carbocycles. The number of fused-ring (bicyclic) bond motifs is 1. The first-order valence-corrected chi connectivity index (χ1v) is 8.38. The molecule has 2 saturated heterocycles. The van der Waals surface area contributed by atoms with Crippen molar-refractivity contribution in [2.75, 3.05) is 26.2 Å². The summed E-state index contributed by atoms with van der Waals surface area (Å²) in [7, 11) is 0. The van der Waals surface area contributed by atoms with Crippen LogP contribution in [0.2, 0.25) is 0 Å². The summed E-state index contributed by atoms with van der Waals surface area (Å²) in [5.41, 5.74) is 0. The molecule has 1 aromatic rings. The Kier molecular flexibility index (Phi) is 3.62. The second-order valence-corrected chi connectivity index (χ2v) is 6.41. The van der Waals surface area contributed by atoms with Crippen LogP contribution in [0.4, 0.5) is 0 Å². The van der Waals surface area contributed by atoms with Crippen LogP contribution in [-0.2, 0) is 22.6 Å². The largest absolute Gasteiger partial charge is 0.315 e. The summed E-state index contributed by atoms with van der Waals surface area (Å²) >= 11 is 0. The Morgan fingerprint density at radius 3 is 3.00 bits per heavy atom. The smallest absolute Gasteiger partial charge is 0.265 e. The molecule has 0 aromatic carbocycles.